The van der Waals surface area contributed by atoms with E-state index in [0.717, 1.165) is 0 Å². The normalized spacial score (nSPS) is 28.5. The Morgan fingerprint density at radius 2 is 1.58 bits per heavy atom. The predicted molar refractivity (Wildman–Crippen MR) is 84.0 cm³/mol. The topological polar surface area (TPSA) is 154 Å². The van der Waals surface area contributed by atoms with Crippen LogP contribution in [0.4, 0.5) is 0 Å². The summed E-state index contributed by atoms with van der Waals surface area (Å²) in [6.45, 7) is -0.633. The van der Waals surface area contributed by atoms with Gasteiger partial charge in [-0.2, -0.15) is 0 Å². The molecule has 26 heavy (non-hydrogen) atoms. The van der Waals surface area contributed by atoms with E-state index in [2.05, 4.69) is 9.97 Å². The Morgan fingerprint density at radius 3 is 2.08 bits per heavy atom. The molecule has 0 saturated carbocycles. The number of aliphatic hydroxyl groups excluding tert-OH is 3. The van der Waals surface area contributed by atoms with Gasteiger partial charge in [0.15, 0.2) is 6.10 Å². The molecule has 5 atom stereocenters. The van der Waals surface area contributed by atoms with Crippen molar-refractivity contribution in [1.82, 2.24) is 9.97 Å². The molecule has 0 aromatic carbocycles. The summed E-state index contributed by atoms with van der Waals surface area (Å²) in [5.41, 5.74) is 0.217. The average molecular weight is 366 g/mol. The van der Waals surface area contributed by atoms with Crippen LogP contribution in [0.1, 0.15) is 21.0 Å². The first kappa shape index (κ1) is 18.1. The Morgan fingerprint density at radius 1 is 1.00 bits per heavy atom. The van der Waals surface area contributed by atoms with Gasteiger partial charge in [0.25, 0.3) is 0 Å². The lowest BCUT2D eigenvalue weighted by molar-refractivity contribution is -0.284. The number of hydrogen-bond acceptors (Lipinski definition) is 8. The molecule has 3 heterocycles. The second kappa shape index (κ2) is 7.70. The molecule has 1 aliphatic heterocycles. The minimum absolute atomic E-state index is 0.102. The van der Waals surface area contributed by atoms with Crippen LogP contribution in [0.3, 0.4) is 0 Å². The van der Waals surface area contributed by atoms with Gasteiger partial charge in [-0.15, -0.1) is 0 Å². The Labute approximate surface area is 147 Å². The monoisotopic (exact) mass is 366 g/mol. The Hall–Kier alpha value is -2.66. The molecule has 0 bridgehead atoms. The molecule has 10 heteroatoms. The van der Waals surface area contributed by atoms with Gasteiger partial charge in [-0.25, -0.2) is 9.59 Å². The molecule has 0 radical (unpaired) electrons. The molecular weight excluding hydrogens is 348 g/mol. The molecular formula is C16H18N2O8. The number of hydrogen-bond donors (Lipinski definition) is 5. The van der Waals surface area contributed by atoms with Crippen molar-refractivity contribution < 1.29 is 39.1 Å². The molecule has 140 valence electrons. The highest BCUT2D eigenvalue weighted by Gasteiger charge is 2.48. The van der Waals surface area contributed by atoms with Crippen molar-refractivity contribution in [3.8, 4) is 0 Å². The first-order valence-corrected chi connectivity index (χ1v) is 7.82. The molecule has 0 aliphatic carbocycles. The third-order valence-electron chi connectivity index (χ3n) is 3.93. The van der Waals surface area contributed by atoms with Gasteiger partial charge >= 0.3 is 11.9 Å². The Kier molecular flexibility index (Phi) is 5.38. The summed E-state index contributed by atoms with van der Waals surface area (Å²) in [5, 5.41) is 29.6. The lowest BCUT2D eigenvalue weighted by Gasteiger charge is -2.40. The highest BCUT2D eigenvalue weighted by atomic mass is 16.7. The molecule has 3 rings (SSSR count). The maximum Gasteiger partial charge on any atom is 0.357 e. The second-order valence-corrected chi connectivity index (χ2v) is 5.65. The van der Waals surface area contributed by atoms with Crippen molar-refractivity contribution in [3.05, 3.63) is 48.0 Å². The van der Waals surface area contributed by atoms with Crippen molar-refractivity contribution in [2.24, 2.45) is 0 Å². The highest BCUT2D eigenvalue weighted by Crippen LogP contribution is 2.26. The predicted octanol–water partition coefficient (Wildman–Crippen LogP) is -0.836. The van der Waals surface area contributed by atoms with Crippen LogP contribution < -0.4 is 0 Å². The fourth-order valence-electron chi connectivity index (χ4n) is 2.55. The van der Waals surface area contributed by atoms with Gasteiger partial charge in [-0.3, -0.25) is 0 Å². The number of aliphatic hydroxyl groups is 3. The zero-order valence-electron chi connectivity index (χ0n) is 13.4. The Balaban J connectivity index is 1.79. The molecule has 10 nitrogen and oxygen atoms in total. The molecule has 1 fully saturated rings. The van der Waals surface area contributed by atoms with E-state index in [-0.39, 0.29) is 11.4 Å². The first-order valence-electron chi connectivity index (χ1n) is 7.82. The molecule has 5 N–H and O–H groups in total. The number of aromatic nitrogens is 2. The van der Waals surface area contributed by atoms with E-state index in [9.17, 15) is 24.9 Å². The minimum Gasteiger partial charge on any atom is -0.448 e. The number of carbonyl (C=O) groups is 2. The summed E-state index contributed by atoms with van der Waals surface area (Å²) in [7, 11) is 0. The average Bonchev–Trinajstić information content (AvgIpc) is 3.34. The van der Waals surface area contributed by atoms with E-state index in [1.54, 1.807) is 12.1 Å². The number of aromatic amines is 2. The van der Waals surface area contributed by atoms with E-state index >= 15 is 0 Å². The lowest BCUT2D eigenvalue weighted by atomic mass is 9.99. The fraction of sp³-hybridized carbons (Fsp3) is 0.375. The van der Waals surface area contributed by atoms with E-state index in [1.165, 1.54) is 24.5 Å². The van der Waals surface area contributed by atoms with Crippen LogP contribution in [0, 0.1) is 0 Å². The van der Waals surface area contributed by atoms with Crippen molar-refractivity contribution in [2.75, 3.05) is 6.61 Å². The summed E-state index contributed by atoms with van der Waals surface area (Å²) in [5.74, 6) is -1.65. The van der Waals surface area contributed by atoms with Gasteiger partial charge < -0.3 is 39.5 Å². The summed E-state index contributed by atoms with van der Waals surface area (Å²) >= 11 is 0. The summed E-state index contributed by atoms with van der Waals surface area (Å²) < 4.78 is 15.6. The number of H-pyrrole nitrogens is 2. The number of nitrogens with one attached hydrogen (secondary N) is 2. The number of esters is 2. The summed E-state index contributed by atoms with van der Waals surface area (Å²) in [6.07, 6.45) is -4.40. The van der Waals surface area contributed by atoms with Gasteiger partial charge in [0.1, 0.15) is 29.7 Å². The minimum atomic E-state index is -1.64. The molecule has 2 aromatic heterocycles. The van der Waals surface area contributed by atoms with Gasteiger partial charge in [-0.1, -0.05) is 0 Å². The van der Waals surface area contributed by atoms with Crippen LogP contribution in [0.2, 0.25) is 0 Å². The zero-order valence-corrected chi connectivity index (χ0v) is 13.4. The maximum absolute atomic E-state index is 12.1. The smallest absolute Gasteiger partial charge is 0.357 e. The van der Waals surface area contributed by atoms with Gasteiger partial charge in [0.05, 0.1) is 6.61 Å². The molecule has 0 unspecified atom stereocenters. The van der Waals surface area contributed by atoms with E-state index in [0.29, 0.717) is 0 Å². The van der Waals surface area contributed by atoms with Crippen LogP contribution >= 0.6 is 0 Å². The van der Waals surface area contributed by atoms with Crippen molar-refractivity contribution in [3.63, 3.8) is 0 Å². The molecule has 0 amide bonds. The lowest BCUT2D eigenvalue weighted by Crippen LogP contribution is -2.60. The largest absolute Gasteiger partial charge is 0.448 e. The van der Waals surface area contributed by atoms with Gasteiger partial charge in [0, 0.05) is 12.4 Å². The summed E-state index contributed by atoms with van der Waals surface area (Å²) in [6, 6.07) is 6.06. The van der Waals surface area contributed by atoms with E-state index < -0.39 is 49.3 Å². The zero-order chi connectivity index (χ0) is 18.7. The van der Waals surface area contributed by atoms with Crippen molar-refractivity contribution in [2.45, 2.75) is 30.7 Å². The van der Waals surface area contributed by atoms with Crippen molar-refractivity contribution >= 4 is 11.9 Å². The third-order valence-corrected chi connectivity index (χ3v) is 3.93. The van der Waals surface area contributed by atoms with Crippen LogP contribution in [-0.2, 0) is 14.2 Å². The van der Waals surface area contributed by atoms with Crippen molar-refractivity contribution in [1.29, 1.82) is 0 Å². The quantitative estimate of drug-likeness (QED) is 0.429. The van der Waals surface area contributed by atoms with E-state index in [1.807, 2.05) is 0 Å². The van der Waals surface area contributed by atoms with Gasteiger partial charge in [-0.05, 0) is 24.3 Å². The van der Waals surface area contributed by atoms with Crippen LogP contribution in [0.5, 0.6) is 0 Å². The fourth-order valence-corrected chi connectivity index (χ4v) is 2.55. The number of carbonyl (C=O) groups excluding carboxylic acids is 2. The molecule has 1 saturated heterocycles. The van der Waals surface area contributed by atoms with Gasteiger partial charge in [0.2, 0.25) is 6.29 Å². The number of rotatable bonds is 5. The van der Waals surface area contributed by atoms with Crippen LogP contribution in [0.25, 0.3) is 0 Å². The number of ether oxygens (including phenoxy) is 3. The SMILES string of the molecule is O=C(O[C@@H]1O[C@H](CO)[C@@H](O)[C@H](O)[C@H]1OC(=O)c1ccc[nH]1)c1ccc[nH]1. The molecule has 1 aliphatic rings. The third kappa shape index (κ3) is 3.63. The summed E-state index contributed by atoms with van der Waals surface area (Å²) in [4.78, 5) is 29.6. The highest BCUT2D eigenvalue weighted by molar-refractivity contribution is 5.88. The standard InChI is InChI=1S/C16H18N2O8/c19-7-10-11(20)12(21)13(25-14(22)8-3-1-5-17-8)16(24-10)26-15(23)9-4-2-6-18-9/h1-6,10-13,16-21H,7H2/t10-,11-,12+,13-,16+/m1/s1. The first-order chi connectivity index (χ1) is 12.5. The molecule has 0 spiro atoms. The van der Waals surface area contributed by atoms with E-state index in [4.69, 9.17) is 14.2 Å². The Bertz CT molecular complexity index is 730. The van der Waals surface area contributed by atoms with Crippen LogP contribution in [-0.4, -0.2) is 74.5 Å². The molecule has 2 aromatic rings. The van der Waals surface area contributed by atoms with Crippen LogP contribution in [0.15, 0.2) is 36.7 Å². The second-order valence-electron chi connectivity index (χ2n) is 5.65. The maximum atomic E-state index is 12.1.